The van der Waals surface area contributed by atoms with Crippen LogP contribution in [0.1, 0.15) is 26.3 Å². The van der Waals surface area contributed by atoms with E-state index in [1.807, 2.05) is 18.2 Å². The van der Waals surface area contributed by atoms with Crippen molar-refractivity contribution in [3.05, 3.63) is 29.8 Å². The zero-order chi connectivity index (χ0) is 8.48. The maximum absolute atomic E-state index is 5.66. The first-order valence-electron chi connectivity index (χ1n) is 3.86. The largest absolute Gasteiger partial charge is 0.399 e. The van der Waals surface area contributed by atoms with Crippen molar-refractivity contribution in [1.29, 1.82) is 0 Å². The molecule has 68 valence electrons. The molecule has 0 saturated heterocycles. The first-order valence-corrected chi connectivity index (χ1v) is 3.86. The number of hydrogen-bond acceptors (Lipinski definition) is 1. The van der Waals surface area contributed by atoms with Gasteiger partial charge in [0, 0.05) is 5.69 Å². The highest BCUT2D eigenvalue weighted by molar-refractivity contribution is 5.85. The van der Waals surface area contributed by atoms with Crippen LogP contribution in [-0.2, 0) is 5.41 Å². The molecule has 1 rings (SSSR count). The number of nitrogens with two attached hydrogens (primary N) is 1. The SMILES string of the molecule is CC(C)(C)c1cccc(N)c1.Cl. The van der Waals surface area contributed by atoms with Crippen molar-refractivity contribution >= 4 is 18.1 Å². The summed E-state index contributed by atoms with van der Waals surface area (Å²) in [7, 11) is 0. The third-order valence-corrected chi connectivity index (χ3v) is 1.75. The smallest absolute Gasteiger partial charge is 0.0316 e. The molecule has 0 radical (unpaired) electrons. The van der Waals surface area contributed by atoms with Crippen molar-refractivity contribution in [2.75, 3.05) is 5.73 Å². The number of hydrogen-bond donors (Lipinski definition) is 1. The Hall–Kier alpha value is -0.690. The standard InChI is InChI=1S/C10H15N.ClH/c1-10(2,3)8-5-4-6-9(11)7-8;/h4-7H,11H2,1-3H3;1H. The average molecular weight is 186 g/mol. The van der Waals surface area contributed by atoms with Gasteiger partial charge >= 0.3 is 0 Å². The van der Waals surface area contributed by atoms with Crippen molar-refractivity contribution in [3.63, 3.8) is 0 Å². The summed E-state index contributed by atoms with van der Waals surface area (Å²) in [5, 5.41) is 0. The van der Waals surface area contributed by atoms with E-state index in [1.54, 1.807) is 0 Å². The fourth-order valence-electron chi connectivity index (χ4n) is 1.01. The van der Waals surface area contributed by atoms with E-state index in [-0.39, 0.29) is 17.8 Å². The molecule has 0 atom stereocenters. The molecule has 0 saturated carbocycles. The highest BCUT2D eigenvalue weighted by atomic mass is 35.5. The molecule has 0 fully saturated rings. The topological polar surface area (TPSA) is 26.0 Å². The van der Waals surface area contributed by atoms with Crippen LogP contribution in [0.15, 0.2) is 24.3 Å². The van der Waals surface area contributed by atoms with Crippen molar-refractivity contribution in [2.24, 2.45) is 0 Å². The fraction of sp³-hybridized carbons (Fsp3) is 0.400. The summed E-state index contributed by atoms with van der Waals surface area (Å²) < 4.78 is 0. The second kappa shape index (κ2) is 3.81. The van der Waals surface area contributed by atoms with Crippen molar-refractivity contribution < 1.29 is 0 Å². The molecule has 1 nitrogen and oxygen atoms in total. The maximum Gasteiger partial charge on any atom is 0.0316 e. The van der Waals surface area contributed by atoms with Crippen LogP contribution in [0.5, 0.6) is 0 Å². The van der Waals surface area contributed by atoms with Gasteiger partial charge in [0.05, 0.1) is 0 Å². The van der Waals surface area contributed by atoms with Crippen LogP contribution in [0.4, 0.5) is 5.69 Å². The molecule has 1 aromatic carbocycles. The quantitative estimate of drug-likeness (QED) is 0.618. The Balaban J connectivity index is 0.00000121. The van der Waals surface area contributed by atoms with E-state index < -0.39 is 0 Å². The first kappa shape index (κ1) is 11.3. The molecule has 0 amide bonds. The Morgan fingerprint density at radius 3 is 2.08 bits per heavy atom. The Labute approximate surface area is 80.4 Å². The monoisotopic (exact) mass is 185 g/mol. The van der Waals surface area contributed by atoms with Crippen molar-refractivity contribution in [2.45, 2.75) is 26.2 Å². The van der Waals surface area contributed by atoms with E-state index in [1.165, 1.54) is 5.56 Å². The highest BCUT2D eigenvalue weighted by Crippen LogP contribution is 2.23. The number of halogens is 1. The van der Waals surface area contributed by atoms with Gasteiger partial charge < -0.3 is 5.73 Å². The predicted octanol–water partition coefficient (Wildman–Crippen LogP) is 2.99. The lowest BCUT2D eigenvalue weighted by atomic mass is 9.87. The molecule has 0 aliphatic carbocycles. The van der Waals surface area contributed by atoms with Gasteiger partial charge in [-0.1, -0.05) is 32.9 Å². The Kier molecular flexibility index (Phi) is 3.59. The molecule has 0 aromatic heterocycles. The number of anilines is 1. The summed E-state index contributed by atoms with van der Waals surface area (Å²) in [6.07, 6.45) is 0. The Morgan fingerprint density at radius 2 is 1.75 bits per heavy atom. The van der Waals surface area contributed by atoms with Gasteiger partial charge in [-0.3, -0.25) is 0 Å². The normalized spacial score (nSPS) is 10.6. The number of nitrogen functional groups attached to an aromatic ring is 1. The minimum Gasteiger partial charge on any atom is -0.399 e. The van der Waals surface area contributed by atoms with E-state index in [9.17, 15) is 0 Å². The van der Waals surface area contributed by atoms with E-state index in [0.29, 0.717) is 0 Å². The maximum atomic E-state index is 5.66. The van der Waals surface area contributed by atoms with Crippen LogP contribution in [0.2, 0.25) is 0 Å². The lowest BCUT2D eigenvalue weighted by Gasteiger charge is -2.18. The second-order valence-electron chi connectivity index (χ2n) is 3.88. The van der Waals surface area contributed by atoms with Gasteiger partial charge in [-0.15, -0.1) is 12.4 Å². The van der Waals surface area contributed by atoms with Gasteiger partial charge in [0.15, 0.2) is 0 Å². The van der Waals surface area contributed by atoms with Gasteiger partial charge in [-0.25, -0.2) is 0 Å². The molecule has 0 aliphatic heterocycles. The minimum absolute atomic E-state index is 0. The lowest BCUT2D eigenvalue weighted by molar-refractivity contribution is 0.590. The Morgan fingerprint density at radius 1 is 1.17 bits per heavy atom. The third kappa shape index (κ3) is 2.74. The molecule has 1 aromatic rings. The second-order valence-corrected chi connectivity index (χ2v) is 3.88. The third-order valence-electron chi connectivity index (χ3n) is 1.75. The Bertz CT molecular complexity index is 250. The van der Waals surface area contributed by atoms with Crippen LogP contribution < -0.4 is 5.73 Å². The van der Waals surface area contributed by atoms with Gasteiger partial charge in [-0.2, -0.15) is 0 Å². The summed E-state index contributed by atoms with van der Waals surface area (Å²) in [5.41, 5.74) is 7.99. The molecular weight excluding hydrogens is 170 g/mol. The average Bonchev–Trinajstić information content (AvgIpc) is 1.86. The summed E-state index contributed by atoms with van der Waals surface area (Å²) in [6, 6.07) is 8.04. The van der Waals surface area contributed by atoms with Crippen LogP contribution in [-0.4, -0.2) is 0 Å². The van der Waals surface area contributed by atoms with Crippen LogP contribution in [0, 0.1) is 0 Å². The first-order chi connectivity index (χ1) is 5.00. The van der Waals surface area contributed by atoms with Gasteiger partial charge in [-0.05, 0) is 23.1 Å². The fourth-order valence-corrected chi connectivity index (χ4v) is 1.01. The molecule has 0 bridgehead atoms. The number of benzene rings is 1. The number of rotatable bonds is 0. The van der Waals surface area contributed by atoms with Crippen LogP contribution in [0.3, 0.4) is 0 Å². The van der Waals surface area contributed by atoms with Crippen LogP contribution >= 0.6 is 12.4 Å². The molecule has 0 spiro atoms. The molecule has 0 unspecified atom stereocenters. The predicted molar refractivity (Wildman–Crippen MR) is 56.8 cm³/mol. The van der Waals surface area contributed by atoms with E-state index >= 15 is 0 Å². The van der Waals surface area contributed by atoms with Gasteiger partial charge in [0.1, 0.15) is 0 Å². The van der Waals surface area contributed by atoms with E-state index in [2.05, 4.69) is 26.8 Å². The van der Waals surface area contributed by atoms with Crippen LogP contribution in [0.25, 0.3) is 0 Å². The molecule has 2 heteroatoms. The van der Waals surface area contributed by atoms with Gasteiger partial charge in [0.25, 0.3) is 0 Å². The molecular formula is C10H16ClN. The zero-order valence-electron chi connectivity index (χ0n) is 7.79. The molecule has 0 aliphatic rings. The van der Waals surface area contributed by atoms with Crippen molar-refractivity contribution in [1.82, 2.24) is 0 Å². The molecule has 12 heavy (non-hydrogen) atoms. The summed E-state index contributed by atoms with van der Waals surface area (Å²) in [4.78, 5) is 0. The minimum atomic E-state index is 0. The zero-order valence-corrected chi connectivity index (χ0v) is 8.61. The molecule has 2 N–H and O–H groups in total. The molecule has 0 heterocycles. The van der Waals surface area contributed by atoms with E-state index in [4.69, 9.17) is 5.73 Å². The van der Waals surface area contributed by atoms with Crippen molar-refractivity contribution in [3.8, 4) is 0 Å². The summed E-state index contributed by atoms with van der Waals surface area (Å²) >= 11 is 0. The lowest BCUT2D eigenvalue weighted by Crippen LogP contribution is -2.10. The summed E-state index contributed by atoms with van der Waals surface area (Å²) in [6.45, 7) is 6.55. The van der Waals surface area contributed by atoms with Gasteiger partial charge in [0.2, 0.25) is 0 Å². The highest BCUT2D eigenvalue weighted by Gasteiger charge is 2.12. The summed E-state index contributed by atoms with van der Waals surface area (Å²) in [5.74, 6) is 0. The van der Waals surface area contributed by atoms with E-state index in [0.717, 1.165) is 5.69 Å².